The summed E-state index contributed by atoms with van der Waals surface area (Å²) in [6.07, 6.45) is 2.94. The van der Waals surface area contributed by atoms with Crippen molar-refractivity contribution in [3.8, 4) is 0 Å². The van der Waals surface area contributed by atoms with Gasteiger partial charge in [-0.1, -0.05) is 24.6 Å². The van der Waals surface area contributed by atoms with E-state index in [1.807, 2.05) is 18.2 Å². The van der Waals surface area contributed by atoms with Crippen LogP contribution in [0.1, 0.15) is 25.6 Å². The third-order valence-corrected chi connectivity index (χ3v) is 3.35. The fourth-order valence-corrected chi connectivity index (χ4v) is 2.48. The first-order valence-electron chi connectivity index (χ1n) is 5.97. The van der Waals surface area contributed by atoms with Gasteiger partial charge in [-0.3, -0.25) is 0 Å². The molecule has 0 aliphatic rings. The highest BCUT2D eigenvalue weighted by Crippen LogP contribution is 2.25. The smallest absolute Gasteiger partial charge is 0.109 e. The van der Waals surface area contributed by atoms with Crippen LogP contribution in [0.3, 0.4) is 0 Å². The first-order valence-corrected chi connectivity index (χ1v) is 6.88. The summed E-state index contributed by atoms with van der Waals surface area (Å²) in [6, 6.07) is 5.87. The molecule has 4 heteroatoms. The topological polar surface area (TPSA) is 17.8 Å². The lowest BCUT2D eigenvalue weighted by atomic mass is 10.3. The molecular weight excluding hydrogens is 255 g/mol. The molecule has 0 N–H and O–H groups in total. The zero-order chi connectivity index (χ0) is 12.3. The molecule has 0 saturated carbocycles. The summed E-state index contributed by atoms with van der Waals surface area (Å²) < 4.78 is 2.23. The lowest BCUT2D eigenvalue weighted by Crippen LogP contribution is -2.04. The van der Waals surface area contributed by atoms with Crippen LogP contribution in [0.25, 0.3) is 11.0 Å². The van der Waals surface area contributed by atoms with Gasteiger partial charge in [0.1, 0.15) is 5.82 Å². The Morgan fingerprint density at radius 2 is 2.18 bits per heavy atom. The molecule has 0 aliphatic heterocycles. The monoisotopic (exact) mass is 270 g/mol. The predicted molar refractivity (Wildman–Crippen MR) is 74.1 cm³/mol. The Bertz CT molecular complexity index is 505. The minimum atomic E-state index is 0.670. The summed E-state index contributed by atoms with van der Waals surface area (Å²) in [5, 5.41) is 0.778. The maximum atomic E-state index is 6.26. The Hall–Kier alpha value is -0.730. The zero-order valence-electron chi connectivity index (χ0n) is 9.92. The number of para-hydroxylation sites is 1. The molecule has 2 nitrogen and oxygen atoms in total. The molecule has 2 aromatic rings. The lowest BCUT2D eigenvalue weighted by molar-refractivity contribution is 0.647. The molecule has 17 heavy (non-hydrogen) atoms. The van der Waals surface area contributed by atoms with Gasteiger partial charge in [0, 0.05) is 18.8 Å². The number of fused-ring (bicyclic) bond motifs is 1. The number of alkyl halides is 1. The highest BCUT2D eigenvalue weighted by molar-refractivity contribution is 6.35. The van der Waals surface area contributed by atoms with Crippen molar-refractivity contribution in [3.05, 3.63) is 29.0 Å². The second-order valence-electron chi connectivity index (χ2n) is 4.08. The van der Waals surface area contributed by atoms with Gasteiger partial charge in [0.25, 0.3) is 0 Å². The van der Waals surface area contributed by atoms with E-state index >= 15 is 0 Å². The van der Waals surface area contributed by atoms with Gasteiger partial charge in [0.2, 0.25) is 0 Å². The molecule has 0 amide bonds. The molecule has 1 aromatic carbocycles. The van der Waals surface area contributed by atoms with Crippen molar-refractivity contribution in [2.75, 3.05) is 5.88 Å². The Morgan fingerprint density at radius 3 is 2.88 bits per heavy atom. The number of aryl methyl sites for hydroxylation is 2. The molecule has 0 unspecified atom stereocenters. The van der Waals surface area contributed by atoms with Crippen LogP contribution < -0.4 is 0 Å². The van der Waals surface area contributed by atoms with E-state index in [0.717, 1.165) is 47.7 Å². The molecule has 0 atom stereocenters. The first kappa shape index (κ1) is 12.7. The standard InChI is InChI=1S/C13H16Cl2N2/c1-2-9-17-12(7-4-8-14)16-11-6-3-5-10(15)13(11)17/h3,5-6H,2,4,7-9H2,1H3. The molecule has 0 aliphatic carbocycles. The average molecular weight is 271 g/mol. The number of rotatable bonds is 5. The van der Waals surface area contributed by atoms with Crippen LogP contribution in [0.4, 0.5) is 0 Å². The van der Waals surface area contributed by atoms with E-state index in [0.29, 0.717) is 5.88 Å². The highest BCUT2D eigenvalue weighted by Gasteiger charge is 2.12. The Morgan fingerprint density at radius 1 is 1.35 bits per heavy atom. The van der Waals surface area contributed by atoms with E-state index in [2.05, 4.69) is 16.5 Å². The minimum Gasteiger partial charge on any atom is -0.327 e. The second-order valence-corrected chi connectivity index (χ2v) is 4.86. The molecule has 0 saturated heterocycles. The van der Waals surface area contributed by atoms with Crippen LogP contribution in [-0.4, -0.2) is 15.4 Å². The van der Waals surface area contributed by atoms with Crippen molar-refractivity contribution in [2.24, 2.45) is 0 Å². The molecule has 0 radical (unpaired) electrons. The number of imidazole rings is 1. The summed E-state index contributed by atoms with van der Waals surface area (Å²) in [4.78, 5) is 4.65. The van der Waals surface area contributed by atoms with Gasteiger partial charge in [-0.2, -0.15) is 0 Å². The SMILES string of the molecule is CCCn1c(CCCCl)nc2cccc(Cl)c21. The van der Waals surface area contributed by atoms with Crippen molar-refractivity contribution < 1.29 is 0 Å². The summed E-state index contributed by atoms with van der Waals surface area (Å²) in [6.45, 7) is 3.12. The first-order chi connectivity index (χ1) is 8.27. The maximum Gasteiger partial charge on any atom is 0.109 e. The molecule has 0 spiro atoms. The van der Waals surface area contributed by atoms with Crippen LogP contribution >= 0.6 is 23.2 Å². The lowest BCUT2D eigenvalue weighted by Gasteiger charge is -2.07. The summed E-state index contributed by atoms with van der Waals surface area (Å²) in [5.41, 5.74) is 2.04. The van der Waals surface area contributed by atoms with Crippen LogP contribution in [0.2, 0.25) is 5.02 Å². The fraction of sp³-hybridized carbons (Fsp3) is 0.462. The minimum absolute atomic E-state index is 0.670. The van der Waals surface area contributed by atoms with Gasteiger partial charge < -0.3 is 4.57 Å². The van der Waals surface area contributed by atoms with E-state index in [4.69, 9.17) is 23.2 Å². The van der Waals surface area contributed by atoms with Gasteiger partial charge >= 0.3 is 0 Å². The highest BCUT2D eigenvalue weighted by atomic mass is 35.5. The average Bonchev–Trinajstić information content (AvgIpc) is 2.67. The normalized spacial score (nSPS) is 11.2. The van der Waals surface area contributed by atoms with Crippen LogP contribution in [-0.2, 0) is 13.0 Å². The summed E-state index contributed by atoms with van der Waals surface area (Å²) >= 11 is 12.0. The van der Waals surface area contributed by atoms with E-state index in [9.17, 15) is 0 Å². The number of hydrogen-bond donors (Lipinski definition) is 0. The van der Waals surface area contributed by atoms with Crippen molar-refractivity contribution in [3.63, 3.8) is 0 Å². The Kier molecular flexibility index (Phi) is 4.30. The number of benzene rings is 1. The predicted octanol–water partition coefficient (Wildman–Crippen LogP) is 4.27. The molecule has 1 heterocycles. The van der Waals surface area contributed by atoms with E-state index in [1.165, 1.54) is 0 Å². The third-order valence-electron chi connectivity index (χ3n) is 2.78. The second kappa shape index (κ2) is 5.74. The molecule has 0 bridgehead atoms. The fourth-order valence-electron chi connectivity index (χ4n) is 2.07. The van der Waals surface area contributed by atoms with Crippen LogP contribution in [0.5, 0.6) is 0 Å². The maximum absolute atomic E-state index is 6.26. The van der Waals surface area contributed by atoms with Gasteiger partial charge in [-0.25, -0.2) is 4.98 Å². The van der Waals surface area contributed by atoms with Gasteiger partial charge in [-0.15, -0.1) is 11.6 Å². The van der Waals surface area contributed by atoms with Crippen molar-refractivity contribution in [2.45, 2.75) is 32.7 Å². The zero-order valence-corrected chi connectivity index (χ0v) is 11.4. The van der Waals surface area contributed by atoms with Gasteiger partial charge in [-0.05, 0) is 25.0 Å². The van der Waals surface area contributed by atoms with E-state index < -0.39 is 0 Å². The number of halogens is 2. The number of nitrogens with zero attached hydrogens (tertiary/aromatic N) is 2. The van der Waals surface area contributed by atoms with Gasteiger partial charge in [0.05, 0.1) is 16.1 Å². The van der Waals surface area contributed by atoms with Crippen LogP contribution in [0, 0.1) is 0 Å². The number of hydrogen-bond acceptors (Lipinski definition) is 1. The third kappa shape index (κ3) is 2.58. The molecular formula is C13H16Cl2N2. The van der Waals surface area contributed by atoms with Gasteiger partial charge in [0.15, 0.2) is 0 Å². The van der Waals surface area contributed by atoms with Crippen LogP contribution in [0.15, 0.2) is 18.2 Å². The quantitative estimate of drug-likeness (QED) is 0.742. The van der Waals surface area contributed by atoms with Crippen molar-refractivity contribution >= 4 is 34.2 Å². The van der Waals surface area contributed by atoms with Crippen molar-refractivity contribution in [1.82, 2.24) is 9.55 Å². The number of aromatic nitrogens is 2. The summed E-state index contributed by atoms with van der Waals surface area (Å²) in [7, 11) is 0. The van der Waals surface area contributed by atoms with E-state index in [-0.39, 0.29) is 0 Å². The Labute approximate surface area is 112 Å². The van der Waals surface area contributed by atoms with Crippen molar-refractivity contribution in [1.29, 1.82) is 0 Å². The molecule has 0 fully saturated rings. The molecule has 1 aromatic heterocycles. The largest absolute Gasteiger partial charge is 0.327 e. The summed E-state index contributed by atoms with van der Waals surface area (Å²) in [5.74, 6) is 1.76. The van der Waals surface area contributed by atoms with E-state index in [1.54, 1.807) is 0 Å². The molecule has 2 rings (SSSR count). The molecule has 92 valence electrons. The Balaban J connectivity index is 2.51.